The minimum atomic E-state index is 0.372. The van der Waals surface area contributed by atoms with Crippen molar-refractivity contribution in [1.82, 2.24) is 5.32 Å². The lowest BCUT2D eigenvalue weighted by atomic mass is 9.99. The second-order valence-electron chi connectivity index (χ2n) is 4.46. The van der Waals surface area contributed by atoms with Gasteiger partial charge in [0, 0.05) is 5.54 Å². The first-order chi connectivity index (χ1) is 5.14. The van der Waals surface area contributed by atoms with Crippen LogP contribution < -0.4 is 5.32 Å². The van der Waals surface area contributed by atoms with Crippen molar-refractivity contribution in [2.24, 2.45) is 5.92 Å². The molecule has 66 valence electrons. The van der Waals surface area contributed by atoms with Gasteiger partial charge in [-0.3, -0.25) is 0 Å². The van der Waals surface area contributed by atoms with Gasteiger partial charge in [0.15, 0.2) is 0 Å². The monoisotopic (exact) mass is 155 g/mol. The molecule has 1 heteroatoms. The molecule has 0 saturated heterocycles. The summed E-state index contributed by atoms with van der Waals surface area (Å²) in [6, 6.07) is 0. The Morgan fingerprint density at radius 3 is 2.45 bits per heavy atom. The Bertz CT molecular complexity index is 114. The fourth-order valence-electron chi connectivity index (χ4n) is 1.46. The van der Waals surface area contributed by atoms with E-state index in [-0.39, 0.29) is 0 Å². The fraction of sp³-hybridized carbons (Fsp3) is 1.00. The number of rotatable bonds is 5. The molecule has 0 unspecified atom stereocenters. The minimum Gasteiger partial charge on any atom is -0.312 e. The van der Waals surface area contributed by atoms with E-state index in [1.807, 2.05) is 0 Å². The Morgan fingerprint density at radius 2 is 2.00 bits per heavy atom. The maximum atomic E-state index is 3.62. The highest BCUT2D eigenvalue weighted by Crippen LogP contribution is 2.28. The van der Waals surface area contributed by atoms with Gasteiger partial charge in [-0.15, -0.1) is 0 Å². The third kappa shape index (κ3) is 3.76. The Hall–Kier alpha value is -0.0400. The van der Waals surface area contributed by atoms with E-state index >= 15 is 0 Å². The summed E-state index contributed by atoms with van der Waals surface area (Å²) in [6.07, 6.45) is 5.48. The first kappa shape index (κ1) is 9.05. The summed E-state index contributed by atoms with van der Waals surface area (Å²) in [4.78, 5) is 0. The van der Waals surface area contributed by atoms with Gasteiger partial charge in [-0.25, -0.2) is 0 Å². The summed E-state index contributed by atoms with van der Waals surface area (Å²) in [7, 11) is 0. The second-order valence-corrected chi connectivity index (χ2v) is 4.46. The smallest absolute Gasteiger partial charge is 0.0125 e. The molecule has 11 heavy (non-hydrogen) atoms. The van der Waals surface area contributed by atoms with Gasteiger partial charge in [0.2, 0.25) is 0 Å². The van der Waals surface area contributed by atoms with Gasteiger partial charge in [-0.1, -0.05) is 13.3 Å². The Kier molecular flexibility index (Phi) is 2.94. The van der Waals surface area contributed by atoms with Crippen LogP contribution in [0.15, 0.2) is 0 Å². The van der Waals surface area contributed by atoms with E-state index in [2.05, 4.69) is 26.1 Å². The summed E-state index contributed by atoms with van der Waals surface area (Å²) in [5.74, 6) is 1.01. The molecule has 0 spiro atoms. The van der Waals surface area contributed by atoms with Crippen molar-refractivity contribution in [3.05, 3.63) is 0 Å². The maximum Gasteiger partial charge on any atom is 0.0125 e. The van der Waals surface area contributed by atoms with Gasteiger partial charge < -0.3 is 5.32 Å². The minimum absolute atomic E-state index is 0.372. The quantitative estimate of drug-likeness (QED) is 0.643. The molecule has 1 fully saturated rings. The Morgan fingerprint density at radius 1 is 1.36 bits per heavy atom. The van der Waals surface area contributed by atoms with Crippen LogP contribution in [0, 0.1) is 5.92 Å². The molecule has 0 radical (unpaired) electrons. The van der Waals surface area contributed by atoms with Crippen molar-refractivity contribution in [1.29, 1.82) is 0 Å². The molecule has 1 aliphatic rings. The van der Waals surface area contributed by atoms with Gasteiger partial charge in [-0.05, 0) is 45.6 Å². The van der Waals surface area contributed by atoms with Gasteiger partial charge in [0.05, 0.1) is 0 Å². The number of hydrogen-bond donors (Lipinski definition) is 1. The van der Waals surface area contributed by atoms with E-state index < -0.39 is 0 Å². The average Bonchev–Trinajstić information content (AvgIpc) is 2.65. The summed E-state index contributed by atoms with van der Waals surface area (Å²) in [5, 5.41) is 3.62. The molecule has 0 aromatic heterocycles. The summed E-state index contributed by atoms with van der Waals surface area (Å²) < 4.78 is 0. The van der Waals surface area contributed by atoms with E-state index in [1.54, 1.807) is 0 Å². The predicted molar refractivity (Wildman–Crippen MR) is 49.7 cm³/mol. The van der Waals surface area contributed by atoms with Crippen molar-refractivity contribution in [2.45, 2.75) is 52.0 Å². The molecule has 1 aliphatic carbocycles. The topological polar surface area (TPSA) is 12.0 Å². The van der Waals surface area contributed by atoms with Gasteiger partial charge in [0.25, 0.3) is 0 Å². The van der Waals surface area contributed by atoms with Crippen LogP contribution in [0.1, 0.15) is 46.5 Å². The Balaban J connectivity index is 2.09. The van der Waals surface area contributed by atoms with Crippen LogP contribution in [0.25, 0.3) is 0 Å². The van der Waals surface area contributed by atoms with Crippen molar-refractivity contribution in [3.8, 4) is 0 Å². The molecule has 0 aromatic carbocycles. The highest BCUT2D eigenvalue weighted by Gasteiger charge is 2.24. The lowest BCUT2D eigenvalue weighted by Gasteiger charge is -2.25. The normalized spacial score (nSPS) is 18.8. The van der Waals surface area contributed by atoms with Crippen molar-refractivity contribution >= 4 is 0 Å². The fourth-order valence-corrected chi connectivity index (χ4v) is 1.46. The van der Waals surface area contributed by atoms with Crippen LogP contribution in [-0.4, -0.2) is 12.1 Å². The standard InChI is InChI=1S/C10H21N/c1-4-7-10(2,3)11-8-9-5-6-9/h9,11H,4-8H2,1-3H3. The zero-order valence-corrected chi connectivity index (χ0v) is 8.11. The molecule has 0 aliphatic heterocycles. The highest BCUT2D eigenvalue weighted by molar-refractivity contribution is 4.82. The largest absolute Gasteiger partial charge is 0.312 e. The molecular weight excluding hydrogens is 134 g/mol. The van der Waals surface area contributed by atoms with Gasteiger partial charge >= 0.3 is 0 Å². The molecule has 1 rings (SSSR count). The predicted octanol–water partition coefficient (Wildman–Crippen LogP) is 2.56. The van der Waals surface area contributed by atoms with Gasteiger partial charge in [-0.2, -0.15) is 0 Å². The molecule has 0 aromatic rings. The van der Waals surface area contributed by atoms with Crippen LogP contribution >= 0.6 is 0 Å². The van der Waals surface area contributed by atoms with Crippen LogP contribution in [-0.2, 0) is 0 Å². The first-order valence-electron chi connectivity index (χ1n) is 4.89. The third-order valence-electron chi connectivity index (χ3n) is 2.44. The summed E-state index contributed by atoms with van der Waals surface area (Å²) in [6.45, 7) is 8.10. The lowest BCUT2D eigenvalue weighted by Crippen LogP contribution is -2.40. The number of nitrogens with one attached hydrogen (secondary N) is 1. The zero-order chi connectivity index (χ0) is 8.32. The van der Waals surface area contributed by atoms with E-state index in [0.717, 1.165) is 5.92 Å². The van der Waals surface area contributed by atoms with E-state index in [9.17, 15) is 0 Å². The van der Waals surface area contributed by atoms with Crippen LogP contribution in [0.4, 0.5) is 0 Å². The zero-order valence-electron chi connectivity index (χ0n) is 8.11. The molecule has 0 heterocycles. The molecule has 0 amide bonds. The average molecular weight is 155 g/mol. The molecule has 0 atom stereocenters. The highest BCUT2D eigenvalue weighted by atomic mass is 15.0. The third-order valence-corrected chi connectivity index (χ3v) is 2.44. The number of hydrogen-bond acceptors (Lipinski definition) is 1. The van der Waals surface area contributed by atoms with Crippen LogP contribution in [0.5, 0.6) is 0 Å². The van der Waals surface area contributed by atoms with Crippen molar-refractivity contribution in [3.63, 3.8) is 0 Å². The summed E-state index contributed by atoms with van der Waals surface area (Å²) >= 11 is 0. The van der Waals surface area contributed by atoms with E-state index in [1.165, 1.54) is 32.2 Å². The van der Waals surface area contributed by atoms with Crippen molar-refractivity contribution < 1.29 is 0 Å². The van der Waals surface area contributed by atoms with Gasteiger partial charge in [0.1, 0.15) is 0 Å². The van der Waals surface area contributed by atoms with Crippen molar-refractivity contribution in [2.75, 3.05) is 6.54 Å². The van der Waals surface area contributed by atoms with E-state index in [4.69, 9.17) is 0 Å². The molecule has 1 N–H and O–H groups in total. The molecular formula is C10H21N. The lowest BCUT2D eigenvalue weighted by molar-refractivity contribution is 0.353. The first-order valence-corrected chi connectivity index (χ1v) is 4.89. The SMILES string of the molecule is CCCC(C)(C)NCC1CC1. The van der Waals surface area contributed by atoms with Crippen LogP contribution in [0.2, 0.25) is 0 Å². The van der Waals surface area contributed by atoms with E-state index in [0.29, 0.717) is 5.54 Å². The molecule has 0 bridgehead atoms. The second kappa shape index (κ2) is 3.57. The molecule has 1 nitrogen and oxygen atoms in total. The Labute approximate surface area is 70.6 Å². The maximum absolute atomic E-state index is 3.62. The summed E-state index contributed by atoms with van der Waals surface area (Å²) in [5.41, 5.74) is 0.372. The van der Waals surface area contributed by atoms with Crippen LogP contribution in [0.3, 0.4) is 0 Å². The molecule has 1 saturated carbocycles.